The standard InChI is InChI=1S/C15H13F2N3O/c16-15(17)21-11-6-4-9(5-7-11)14-19-12-3-1-2-10(8-18)13(12)20-14/h1-7,15H,8,18H2,(H,19,20). The van der Waals surface area contributed by atoms with Crippen LogP contribution >= 0.6 is 0 Å². The molecule has 0 spiro atoms. The highest BCUT2D eigenvalue weighted by atomic mass is 19.3. The van der Waals surface area contributed by atoms with Crippen molar-refractivity contribution in [3.63, 3.8) is 0 Å². The maximum Gasteiger partial charge on any atom is 0.387 e. The third-order valence-corrected chi connectivity index (χ3v) is 3.17. The minimum Gasteiger partial charge on any atom is -0.435 e. The Morgan fingerprint density at radius 1 is 1.14 bits per heavy atom. The van der Waals surface area contributed by atoms with E-state index in [0.29, 0.717) is 12.4 Å². The predicted octanol–water partition coefficient (Wildman–Crippen LogP) is 3.29. The zero-order valence-corrected chi connectivity index (χ0v) is 11.0. The molecule has 21 heavy (non-hydrogen) atoms. The Labute approximate surface area is 119 Å². The number of para-hydroxylation sites is 1. The fourth-order valence-electron chi connectivity index (χ4n) is 2.19. The molecule has 0 fully saturated rings. The third-order valence-electron chi connectivity index (χ3n) is 3.17. The molecule has 1 heterocycles. The smallest absolute Gasteiger partial charge is 0.387 e. The van der Waals surface area contributed by atoms with Crippen molar-refractivity contribution >= 4 is 11.0 Å². The summed E-state index contributed by atoms with van der Waals surface area (Å²) in [5.74, 6) is 0.780. The zero-order valence-electron chi connectivity index (χ0n) is 11.0. The number of imidazole rings is 1. The molecular weight excluding hydrogens is 276 g/mol. The number of nitrogens with zero attached hydrogens (tertiary/aromatic N) is 1. The molecule has 3 aromatic rings. The van der Waals surface area contributed by atoms with Crippen LogP contribution in [0.15, 0.2) is 42.5 Å². The van der Waals surface area contributed by atoms with Crippen molar-refractivity contribution in [1.82, 2.24) is 9.97 Å². The van der Waals surface area contributed by atoms with E-state index in [4.69, 9.17) is 5.73 Å². The molecule has 108 valence electrons. The van der Waals surface area contributed by atoms with Crippen molar-refractivity contribution in [3.05, 3.63) is 48.0 Å². The molecule has 0 unspecified atom stereocenters. The van der Waals surface area contributed by atoms with Gasteiger partial charge in [0.2, 0.25) is 0 Å². The second-order valence-electron chi connectivity index (χ2n) is 4.51. The summed E-state index contributed by atoms with van der Waals surface area (Å²) in [6.45, 7) is -2.42. The van der Waals surface area contributed by atoms with Gasteiger partial charge < -0.3 is 15.5 Å². The first kappa shape index (κ1) is 13.5. The van der Waals surface area contributed by atoms with Crippen molar-refractivity contribution in [2.75, 3.05) is 0 Å². The minimum absolute atomic E-state index is 0.118. The van der Waals surface area contributed by atoms with Gasteiger partial charge in [-0.05, 0) is 35.9 Å². The number of fused-ring (bicyclic) bond motifs is 1. The molecule has 3 N–H and O–H groups in total. The van der Waals surface area contributed by atoms with Crippen molar-refractivity contribution in [1.29, 1.82) is 0 Å². The first-order valence-electron chi connectivity index (χ1n) is 6.40. The minimum atomic E-state index is -2.82. The van der Waals surface area contributed by atoms with E-state index in [1.807, 2.05) is 18.2 Å². The summed E-state index contributed by atoms with van der Waals surface area (Å²) < 4.78 is 28.5. The topological polar surface area (TPSA) is 63.9 Å². The Morgan fingerprint density at radius 3 is 2.57 bits per heavy atom. The number of benzene rings is 2. The van der Waals surface area contributed by atoms with Crippen molar-refractivity contribution in [3.8, 4) is 17.1 Å². The highest BCUT2D eigenvalue weighted by molar-refractivity contribution is 5.82. The number of aromatic nitrogens is 2. The molecule has 0 aliphatic rings. The number of H-pyrrole nitrogens is 1. The number of rotatable bonds is 4. The van der Waals surface area contributed by atoms with Crippen LogP contribution in [0.1, 0.15) is 5.56 Å². The predicted molar refractivity (Wildman–Crippen MR) is 76.1 cm³/mol. The fourth-order valence-corrected chi connectivity index (χ4v) is 2.19. The van der Waals surface area contributed by atoms with Gasteiger partial charge in [-0.15, -0.1) is 0 Å². The number of nitrogens with two attached hydrogens (primary N) is 1. The largest absolute Gasteiger partial charge is 0.435 e. The molecule has 4 nitrogen and oxygen atoms in total. The summed E-state index contributed by atoms with van der Waals surface area (Å²) >= 11 is 0. The maximum absolute atomic E-state index is 12.1. The van der Waals surface area contributed by atoms with Crippen LogP contribution < -0.4 is 10.5 Å². The zero-order chi connectivity index (χ0) is 14.8. The van der Waals surface area contributed by atoms with Gasteiger partial charge in [0, 0.05) is 12.1 Å². The van der Waals surface area contributed by atoms with Crippen LogP contribution in [-0.4, -0.2) is 16.6 Å². The van der Waals surface area contributed by atoms with Crippen LogP contribution in [0.2, 0.25) is 0 Å². The summed E-state index contributed by atoms with van der Waals surface area (Å²) in [5, 5.41) is 0. The van der Waals surface area contributed by atoms with E-state index >= 15 is 0 Å². The number of hydrogen-bond acceptors (Lipinski definition) is 3. The van der Waals surface area contributed by atoms with E-state index in [0.717, 1.165) is 22.2 Å². The second kappa shape index (κ2) is 5.49. The summed E-state index contributed by atoms with van der Waals surface area (Å²) in [4.78, 5) is 7.71. The fraction of sp³-hybridized carbons (Fsp3) is 0.133. The lowest BCUT2D eigenvalue weighted by molar-refractivity contribution is -0.0498. The number of ether oxygens (including phenoxy) is 1. The van der Waals surface area contributed by atoms with Gasteiger partial charge in [-0.25, -0.2) is 4.98 Å². The van der Waals surface area contributed by atoms with Gasteiger partial charge in [0.1, 0.15) is 11.6 Å². The molecule has 0 bridgehead atoms. The summed E-state index contributed by atoms with van der Waals surface area (Å²) in [7, 11) is 0. The molecule has 0 saturated carbocycles. The van der Waals surface area contributed by atoms with Gasteiger partial charge >= 0.3 is 6.61 Å². The number of halogens is 2. The van der Waals surface area contributed by atoms with Crippen LogP contribution in [-0.2, 0) is 6.54 Å². The van der Waals surface area contributed by atoms with Gasteiger partial charge in [-0.3, -0.25) is 0 Å². The lowest BCUT2D eigenvalue weighted by Crippen LogP contribution is -2.01. The van der Waals surface area contributed by atoms with Crippen LogP contribution in [0.5, 0.6) is 5.75 Å². The van der Waals surface area contributed by atoms with Crippen LogP contribution in [0.3, 0.4) is 0 Å². The molecule has 0 radical (unpaired) electrons. The molecule has 0 aliphatic heterocycles. The molecule has 0 amide bonds. The lowest BCUT2D eigenvalue weighted by Gasteiger charge is -2.04. The molecule has 6 heteroatoms. The Balaban J connectivity index is 1.96. The number of hydrogen-bond donors (Lipinski definition) is 2. The summed E-state index contributed by atoms with van der Waals surface area (Å²) in [6.07, 6.45) is 0. The Morgan fingerprint density at radius 2 is 1.90 bits per heavy atom. The van der Waals surface area contributed by atoms with E-state index < -0.39 is 6.61 Å². The van der Waals surface area contributed by atoms with Gasteiger partial charge in [-0.2, -0.15) is 8.78 Å². The van der Waals surface area contributed by atoms with E-state index in [-0.39, 0.29) is 5.75 Å². The second-order valence-corrected chi connectivity index (χ2v) is 4.51. The number of nitrogens with one attached hydrogen (secondary N) is 1. The lowest BCUT2D eigenvalue weighted by atomic mass is 10.2. The van der Waals surface area contributed by atoms with Crippen LogP contribution in [0.25, 0.3) is 22.4 Å². The van der Waals surface area contributed by atoms with E-state index in [9.17, 15) is 8.78 Å². The average Bonchev–Trinajstić information content (AvgIpc) is 2.91. The average molecular weight is 289 g/mol. The van der Waals surface area contributed by atoms with E-state index in [2.05, 4.69) is 14.7 Å². The molecular formula is C15H13F2N3O. The normalized spacial score (nSPS) is 11.2. The Hall–Kier alpha value is -2.47. The SMILES string of the molecule is NCc1cccc2[nH]c(-c3ccc(OC(F)F)cc3)nc12. The summed E-state index contributed by atoms with van der Waals surface area (Å²) in [6, 6.07) is 12.1. The van der Waals surface area contributed by atoms with Gasteiger partial charge in [-0.1, -0.05) is 12.1 Å². The molecule has 0 atom stereocenters. The highest BCUT2D eigenvalue weighted by Crippen LogP contribution is 2.25. The molecule has 2 aromatic carbocycles. The van der Waals surface area contributed by atoms with Gasteiger partial charge in [0.25, 0.3) is 0 Å². The number of alkyl halides is 2. The van der Waals surface area contributed by atoms with Crippen molar-refractivity contribution < 1.29 is 13.5 Å². The van der Waals surface area contributed by atoms with Crippen LogP contribution in [0, 0.1) is 0 Å². The van der Waals surface area contributed by atoms with E-state index in [1.54, 1.807) is 12.1 Å². The molecule has 3 rings (SSSR count). The van der Waals surface area contributed by atoms with Crippen molar-refractivity contribution in [2.45, 2.75) is 13.2 Å². The third kappa shape index (κ3) is 2.71. The van der Waals surface area contributed by atoms with Gasteiger partial charge in [0.15, 0.2) is 0 Å². The first-order chi connectivity index (χ1) is 10.2. The molecule has 1 aromatic heterocycles. The van der Waals surface area contributed by atoms with Crippen molar-refractivity contribution in [2.24, 2.45) is 5.73 Å². The maximum atomic E-state index is 12.1. The van der Waals surface area contributed by atoms with E-state index in [1.165, 1.54) is 12.1 Å². The first-order valence-corrected chi connectivity index (χ1v) is 6.40. The monoisotopic (exact) mass is 289 g/mol. The molecule has 0 aliphatic carbocycles. The quantitative estimate of drug-likeness (QED) is 0.774. The Bertz CT molecular complexity index is 753. The number of aromatic amines is 1. The Kier molecular flexibility index (Phi) is 3.53. The molecule has 0 saturated heterocycles. The summed E-state index contributed by atoms with van der Waals surface area (Å²) in [5.41, 5.74) is 9.14. The highest BCUT2D eigenvalue weighted by Gasteiger charge is 2.09. The van der Waals surface area contributed by atoms with Gasteiger partial charge in [0.05, 0.1) is 11.0 Å². The van der Waals surface area contributed by atoms with Crippen LogP contribution in [0.4, 0.5) is 8.78 Å².